The summed E-state index contributed by atoms with van der Waals surface area (Å²) in [4.78, 5) is 10.3. The fraction of sp³-hybridized carbons (Fsp3) is 0.222. The standard InChI is InChI=1S/C9H12N2O4S/c10-7-1-3-8(4-2-7)16(14,15)11-6-5-9(12)13/h1-4,11H,5-6,10H2,(H,12,13). The SMILES string of the molecule is Nc1ccc(S(=O)(=O)NCCC(=O)O)cc1. The molecule has 1 rings (SSSR count). The van der Waals surface area contributed by atoms with Crippen LogP contribution in [0.25, 0.3) is 0 Å². The summed E-state index contributed by atoms with van der Waals surface area (Å²) in [5.74, 6) is -1.06. The van der Waals surface area contributed by atoms with Crippen molar-refractivity contribution in [2.24, 2.45) is 0 Å². The van der Waals surface area contributed by atoms with E-state index in [0.717, 1.165) is 0 Å². The number of benzene rings is 1. The van der Waals surface area contributed by atoms with Crippen LogP contribution in [-0.4, -0.2) is 26.0 Å². The first kappa shape index (κ1) is 12.5. The lowest BCUT2D eigenvalue weighted by Crippen LogP contribution is -2.26. The topological polar surface area (TPSA) is 109 Å². The van der Waals surface area contributed by atoms with E-state index in [0.29, 0.717) is 5.69 Å². The van der Waals surface area contributed by atoms with Crippen molar-refractivity contribution < 1.29 is 18.3 Å². The summed E-state index contributed by atoms with van der Waals surface area (Å²) >= 11 is 0. The van der Waals surface area contributed by atoms with Crippen LogP contribution in [0.5, 0.6) is 0 Å². The Kier molecular flexibility index (Phi) is 3.86. The zero-order valence-corrected chi connectivity index (χ0v) is 9.20. The summed E-state index contributed by atoms with van der Waals surface area (Å²) < 4.78 is 25.3. The van der Waals surface area contributed by atoms with E-state index in [1.165, 1.54) is 24.3 Å². The Morgan fingerprint density at radius 3 is 2.38 bits per heavy atom. The molecule has 0 fully saturated rings. The highest BCUT2D eigenvalue weighted by Gasteiger charge is 2.13. The average Bonchev–Trinajstić information content (AvgIpc) is 2.17. The monoisotopic (exact) mass is 244 g/mol. The van der Waals surface area contributed by atoms with Crippen molar-refractivity contribution in [2.45, 2.75) is 11.3 Å². The average molecular weight is 244 g/mol. The van der Waals surface area contributed by atoms with Crippen molar-refractivity contribution in [3.05, 3.63) is 24.3 Å². The van der Waals surface area contributed by atoms with Gasteiger partial charge in [0, 0.05) is 12.2 Å². The number of anilines is 1. The van der Waals surface area contributed by atoms with Crippen LogP contribution in [0.4, 0.5) is 5.69 Å². The number of rotatable bonds is 5. The van der Waals surface area contributed by atoms with Crippen LogP contribution in [0.1, 0.15) is 6.42 Å². The van der Waals surface area contributed by atoms with E-state index < -0.39 is 16.0 Å². The van der Waals surface area contributed by atoms with E-state index in [9.17, 15) is 13.2 Å². The van der Waals surface area contributed by atoms with Crippen LogP contribution in [0.3, 0.4) is 0 Å². The molecule has 1 aromatic rings. The third kappa shape index (κ3) is 3.52. The largest absolute Gasteiger partial charge is 0.481 e. The van der Waals surface area contributed by atoms with Gasteiger partial charge in [0.2, 0.25) is 10.0 Å². The first-order chi connectivity index (χ1) is 7.42. The molecular weight excluding hydrogens is 232 g/mol. The normalized spacial score (nSPS) is 11.2. The molecule has 4 N–H and O–H groups in total. The van der Waals surface area contributed by atoms with Gasteiger partial charge < -0.3 is 10.8 Å². The molecule has 6 nitrogen and oxygen atoms in total. The predicted octanol–water partition coefficient (Wildman–Crippen LogP) is 0.0218. The van der Waals surface area contributed by atoms with Crippen molar-refractivity contribution in [1.82, 2.24) is 4.72 Å². The molecule has 0 bridgehead atoms. The maximum Gasteiger partial charge on any atom is 0.304 e. The maximum atomic E-state index is 11.6. The molecule has 0 saturated heterocycles. The lowest BCUT2D eigenvalue weighted by Gasteiger charge is -2.05. The van der Waals surface area contributed by atoms with Gasteiger partial charge in [0.15, 0.2) is 0 Å². The molecule has 0 aliphatic carbocycles. The molecule has 0 spiro atoms. The number of nitrogen functional groups attached to an aromatic ring is 1. The van der Waals surface area contributed by atoms with Crippen LogP contribution in [0.15, 0.2) is 29.2 Å². The third-order valence-electron chi connectivity index (χ3n) is 1.82. The fourth-order valence-electron chi connectivity index (χ4n) is 1.02. The highest BCUT2D eigenvalue weighted by atomic mass is 32.2. The minimum Gasteiger partial charge on any atom is -0.481 e. The van der Waals surface area contributed by atoms with Gasteiger partial charge in [-0.3, -0.25) is 4.79 Å². The number of carboxylic acids is 1. The van der Waals surface area contributed by atoms with Gasteiger partial charge in [0.1, 0.15) is 0 Å². The Hall–Kier alpha value is -1.60. The lowest BCUT2D eigenvalue weighted by molar-refractivity contribution is -0.136. The van der Waals surface area contributed by atoms with E-state index in [-0.39, 0.29) is 17.9 Å². The summed E-state index contributed by atoms with van der Waals surface area (Å²) in [5.41, 5.74) is 5.88. The quantitative estimate of drug-likeness (QED) is 0.633. The Balaban J connectivity index is 2.71. The lowest BCUT2D eigenvalue weighted by atomic mass is 10.3. The summed E-state index contributed by atoms with van der Waals surface area (Å²) in [6.07, 6.45) is -0.256. The molecule has 0 heterocycles. The van der Waals surface area contributed by atoms with Crippen molar-refractivity contribution in [3.8, 4) is 0 Å². The number of hydrogen-bond acceptors (Lipinski definition) is 4. The highest BCUT2D eigenvalue weighted by Crippen LogP contribution is 2.10. The molecule has 0 aromatic heterocycles. The summed E-state index contributed by atoms with van der Waals surface area (Å²) in [7, 11) is -3.64. The van der Waals surface area contributed by atoms with Gasteiger partial charge in [-0.05, 0) is 24.3 Å². The Morgan fingerprint density at radius 1 is 1.31 bits per heavy atom. The molecule has 16 heavy (non-hydrogen) atoms. The van der Waals surface area contributed by atoms with E-state index in [1.807, 2.05) is 0 Å². The molecule has 0 unspecified atom stereocenters. The number of nitrogens with one attached hydrogen (secondary N) is 1. The molecule has 0 radical (unpaired) electrons. The number of aliphatic carboxylic acids is 1. The first-order valence-electron chi connectivity index (χ1n) is 4.49. The minimum atomic E-state index is -3.64. The molecule has 0 amide bonds. The predicted molar refractivity (Wildman–Crippen MR) is 58.3 cm³/mol. The van der Waals surface area contributed by atoms with Gasteiger partial charge in [-0.1, -0.05) is 0 Å². The molecule has 0 aliphatic heterocycles. The number of sulfonamides is 1. The van der Waals surface area contributed by atoms with Crippen molar-refractivity contribution in [2.75, 3.05) is 12.3 Å². The second-order valence-corrected chi connectivity index (χ2v) is 4.88. The third-order valence-corrected chi connectivity index (χ3v) is 3.30. The number of hydrogen-bond donors (Lipinski definition) is 3. The molecule has 0 saturated carbocycles. The zero-order valence-electron chi connectivity index (χ0n) is 8.38. The van der Waals surface area contributed by atoms with Crippen LogP contribution >= 0.6 is 0 Å². The molecule has 0 atom stereocenters. The zero-order chi connectivity index (χ0) is 12.2. The van der Waals surface area contributed by atoms with Crippen LogP contribution in [-0.2, 0) is 14.8 Å². The van der Waals surface area contributed by atoms with Crippen molar-refractivity contribution in [3.63, 3.8) is 0 Å². The summed E-state index contributed by atoms with van der Waals surface area (Å²) in [6.45, 7) is -0.137. The number of carboxylic acid groups (broad SMARTS) is 1. The molecule has 88 valence electrons. The Bertz CT molecular complexity index is 467. The fourth-order valence-corrected chi connectivity index (χ4v) is 2.05. The second kappa shape index (κ2) is 4.95. The molecule has 1 aromatic carbocycles. The number of carbonyl (C=O) groups is 1. The van der Waals surface area contributed by atoms with Gasteiger partial charge >= 0.3 is 5.97 Å². The number of nitrogens with two attached hydrogens (primary N) is 1. The Morgan fingerprint density at radius 2 is 1.88 bits per heavy atom. The van der Waals surface area contributed by atoms with Gasteiger partial charge in [0.05, 0.1) is 11.3 Å². The highest BCUT2D eigenvalue weighted by molar-refractivity contribution is 7.89. The van der Waals surface area contributed by atoms with E-state index >= 15 is 0 Å². The molecule has 7 heteroatoms. The summed E-state index contributed by atoms with van der Waals surface area (Å²) in [6, 6.07) is 5.65. The summed E-state index contributed by atoms with van der Waals surface area (Å²) in [5, 5.41) is 8.37. The van der Waals surface area contributed by atoms with Gasteiger partial charge in [-0.2, -0.15) is 0 Å². The minimum absolute atomic E-state index is 0.0621. The van der Waals surface area contributed by atoms with Crippen LogP contribution < -0.4 is 10.5 Å². The second-order valence-electron chi connectivity index (χ2n) is 3.11. The van der Waals surface area contributed by atoms with Crippen molar-refractivity contribution in [1.29, 1.82) is 0 Å². The maximum absolute atomic E-state index is 11.6. The van der Waals surface area contributed by atoms with E-state index in [2.05, 4.69) is 4.72 Å². The van der Waals surface area contributed by atoms with Gasteiger partial charge in [-0.25, -0.2) is 13.1 Å². The van der Waals surface area contributed by atoms with Crippen LogP contribution in [0, 0.1) is 0 Å². The van der Waals surface area contributed by atoms with E-state index in [1.54, 1.807) is 0 Å². The smallest absolute Gasteiger partial charge is 0.304 e. The first-order valence-corrected chi connectivity index (χ1v) is 5.97. The van der Waals surface area contributed by atoms with Crippen molar-refractivity contribution >= 4 is 21.7 Å². The van der Waals surface area contributed by atoms with Gasteiger partial charge in [0.25, 0.3) is 0 Å². The van der Waals surface area contributed by atoms with E-state index in [4.69, 9.17) is 10.8 Å². The molecule has 0 aliphatic rings. The van der Waals surface area contributed by atoms with Gasteiger partial charge in [-0.15, -0.1) is 0 Å². The van der Waals surface area contributed by atoms with Crippen LogP contribution in [0.2, 0.25) is 0 Å². The Labute approximate surface area is 93.1 Å². The molecular formula is C9H12N2O4S.